The average molecular weight is 593 g/mol. The smallest absolute Gasteiger partial charge is 0.279 e. The molecule has 0 aliphatic carbocycles. The van der Waals surface area contributed by atoms with Crippen molar-refractivity contribution in [1.82, 2.24) is 20.4 Å². The molecule has 1 unspecified atom stereocenters. The van der Waals surface area contributed by atoms with E-state index in [2.05, 4.69) is 15.5 Å². The predicted octanol–water partition coefficient (Wildman–Crippen LogP) is 5.59. The monoisotopic (exact) mass is 592 g/mol. The Kier molecular flexibility index (Phi) is 7.66. The molecule has 3 aliphatic rings. The zero-order valence-corrected chi connectivity index (χ0v) is 23.0. The summed E-state index contributed by atoms with van der Waals surface area (Å²) in [5.74, 6) is -0.114. The molecule has 0 saturated carbocycles. The van der Waals surface area contributed by atoms with Crippen molar-refractivity contribution in [3.8, 4) is 23.0 Å². The van der Waals surface area contributed by atoms with Crippen molar-refractivity contribution in [2.45, 2.75) is 25.3 Å². The molecule has 9 nitrogen and oxygen atoms in total. The van der Waals surface area contributed by atoms with Gasteiger partial charge in [-0.15, -0.1) is 0 Å². The number of benzene rings is 3. The first-order valence-electron chi connectivity index (χ1n) is 13.7. The van der Waals surface area contributed by atoms with Gasteiger partial charge in [0, 0.05) is 13.1 Å². The highest BCUT2D eigenvalue weighted by Crippen LogP contribution is 2.41. The highest BCUT2D eigenvalue weighted by atomic mass is 19.3. The summed E-state index contributed by atoms with van der Waals surface area (Å²) in [5, 5.41) is 8.80. The number of aromatic nitrogens is 2. The predicted molar refractivity (Wildman–Crippen MR) is 148 cm³/mol. The third kappa shape index (κ3) is 5.60. The number of halogens is 3. The lowest BCUT2D eigenvalue weighted by atomic mass is 9.87. The molecule has 43 heavy (non-hydrogen) atoms. The number of ether oxygens (including phenoxy) is 3. The van der Waals surface area contributed by atoms with Crippen LogP contribution in [0.4, 0.5) is 13.2 Å². The molecule has 0 spiro atoms. The van der Waals surface area contributed by atoms with Crippen molar-refractivity contribution >= 4 is 11.8 Å². The lowest BCUT2D eigenvalue weighted by Gasteiger charge is -2.37. The minimum atomic E-state index is -2.79. The number of hydrogen-bond acceptors (Lipinski definition) is 6. The number of alkyl halides is 2. The molecule has 1 aromatic heterocycles. The summed E-state index contributed by atoms with van der Waals surface area (Å²) < 4.78 is 58.5. The van der Waals surface area contributed by atoms with Crippen LogP contribution >= 0.6 is 0 Å². The Bertz CT molecular complexity index is 1690. The molecule has 0 radical (unpaired) electrons. The number of nitrogens with one attached hydrogen (secondary N) is 2. The molecule has 0 saturated heterocycles. The number of hydrogen-bond donors (Lipinski definition) is 2. The Morgan fingerprint density at radius 1 is 1.09 bits per heavy atom. The van der Waals surface area contributed by atoms with E-state index >= 15 is 0 Å². The van der Waals surface area contributed by atoms with Gasteiger partial charge < -0.3 is 24.4 Å². The maximum atomic E-state index is 14.5. The van der Waals surface area contributed by atoms with Gasteiger partial charge in [0.15, 0.2) is 17.2 Å². The van der Waals surface area contributed by atoms with Crippen LogP contribution in [0.3, 0.4) is 0 Å². The van der Waals surface area contributed by atoms with Crippen molar-refractivity contribution in [2.24, 2.45) is 0 Å². The molecule has 1 atom stereocenters. The van der Waals surface area contributed by atoms with Crippen molar-refractivity contribution in [3.63, 3.8) is 0 Å². The molecule has 4 aromatic rings. The molecule has 0 fully saturated rings. The molecule has 7 rings (SSSR count). The van der Waals surface area contributed by atoms with Gasteiger partial charge in [-0.25, -0.2) is 13.2 Å². The van der Waals surface area contributed by atoms with Gasteiger partial charge in [0.1, 0.15) is 23.0 Å². The summed E-state index contributed by atoms with van der Waals surface area (Å²) in [5.41, 5.74) is 1.70. The first kappa shape index (κ1) is 28.1. The second-order valence-electron chi connectivity index (χ2n) is 10.1. The van der Waals surface area contributed by atoms with Crippen LogP contribution < -0.4 is 19.5 Å². The second kappa shape index (κ2) is 11.7. The molecule has 3 aliphatic heterocycles. The Labute approximate surface area is 244 Å². The molecule has 222 valence electrons. The Morgan fingerprint density at radius 3 is 2.70 bits per heavy atom. The van der Waals surface area contributed by atoms with Crippen LogP contribution in [0.15, 0.2) is 60.7 Å². The lowest BCUT2D eigenvalue weighted by molar-refractivity contribution is 0.0687. The highest BCUT2D eigenvalue weighted by molar-refractivity contribution is 5.95. The number of amides is 2. The van der Waals surface area contributed by atoms with E-state index in [1.165, 1.54) is 25.3 Å². The molecular formula is C31H27F3N4O5. The molecule has 3 aromatic carbocycles. The number of rotatable bonds is 3. The maximum absolute atomic E-state index is 14.5. The SMILES string of the molecule is COc1ccc2cc1OCCCNC(=O)c1cc(ccc1F)Oc1ccc3c(c1)CCN(C(=O)c1cc(C(F)F)[nH]n1)C23. The summed E-state index contributed by atoms with van der Waals surface area (Å²) in [6.45, 7) is 0.702. The fourth-order valence-corrected chi connectivity index (χ4v) is 5.36. The first-order chi connectivity index (χ1) is 20.8. The number of aromatic amines is 1. The number of carbonyl (C=O) groups excluding carboxylic acids is 2. The van der Waals surface area contributed by atoms with E-state index in [-0.39, 0.29) is 36.7 Å². The molecular weight excluding hydrogens is 565 g/mol. The van der Waals surface area contributed by atoms with Crippen molar-refractivity contribution in [3.05, 3.63) is 100 Å². The van der Waals surface area contributed by atoms with Crippen molar-refractivity contribution in [2.75, 3.05) is 26.8 Å². The zero-order valence-electron chi connectivity index (χ0n) is 23.0. The minimum Gasteiger partial charge on any atom is -0.493 e. The van der Waals surface area contributed by atoms with Crippen molar-refractivity contribution < 1.29 is 37.0 Å². The molecule has 2 amide bonds. The number of carbonyl (C=O) groups is 2. The summed E-state index contributed by atoms with van der Waals surface area (Å²) in [7, 11) is 1.51. The van der Waals surface area contributed by atoms with Crippen molar-refractivity contribution in [1.29, 1.82) is 0 Å². The normalized spacial score (nSPS) is 16.5. The highest BCUT2D eigenvalue weighted by Gasteiger charge is 2.35. The van der Waals surface area contributed by atoms with E-state index in [4.69, 9.17) is 14.2 Å². The van der Waals surface area contributed by atoms with E-state index < -0.39 is 35.8 Å². The summed E-state index contributed by atoms with van der Waals surface area (Å²) in [6.07, 6.45) is -1.93. The molecule has 2 N–H and O–H groups in total. The quantitative estimate of drug-likeness (QED) is 0.322. The van der Waals surface area contributed by atoms with Crippen LogP contribution in [0.25, 0.3) is 0 Å². The van der Waals surface area contributed by atoms with Gasteiger partial charge in [-0.1, -0.05) is 12.1 Å². The number of fused-ring (bicyclic) bond motifs is 6. The van der Waals surface area contributed by atoms with Crippen LogP contribution in [0, 0.1) is 5.82 Å². The van der Waals surface area contributed by atoms with E-state index in [9.17, 15) is 22.8 Å². The van der Waals surface area contributed by atoms with E-state index in [0.29, 0.717) is 35.7 Å². The Morgan fingerprint density at radius 2 is 1.91 bits per heavy atom. The molecule has 8 bridgehead atoms. The average Bonchev–Trinajstić information content (AvgIpc) is 3.51. The first-order valence-corrected chi connectivity index (χ1v) is 13.7. The minimum absolute atomic E-state index is 0.114. The van der Waals surface area contributed by atoms with Gasteiger partial charge >= 0.3 is 0 Å². The van der Waals surface area contributed by atoms with Gasteiger partial charge in [0.2, 0.25) is 0 Å². The lowest BCUT2D eigenvalue weighted by Crippen LogP contribution is -2.40. The fourth-order valence-electron chi connectivity index (χ4n) is 5.36. The number of nitrogens with zero attached hydrogens (tertiary/aromatic N) is 2. The van der Waals surface area contributed by atoms with Crippen LogP contribution in [0.2, 0.25) is 0 Å². The Balaban J connectivity index is 1.45. The summed E-state index contributed by atoms with van der Waals surface area (Å²) in [6, 6.07) is 15.1. The third-order valence-corrected chi connectivity index (χ3v) is 7.44. The van der Waals surface area contributed by atoms with E-state index in [1.807, 2.05) is 18.2 Å². The number of H-pyrrole nitrogens is 1. The van der Waals surface area contributed by atoms with E-state index in [0.717, 1.165) is 17.2 Å². The fraction of sp³-hybridized carbons (Fsp3) is 0.258. The van der Waals surface area contributed by atoms with Gasteiger partial charge in [0.05, 0.1) is 25.3 Å². The largest absolute Gasteiger partial charge is 0.493 e. The van der Waals surface area contributed by atoms with Gasteiger partial charge in [0.25, 0.3) is 18.2 Å². The van der Waals surface area contributed by atoms with Crippen LogP contribution in [0.1, 0.15) is 62.1 Å². The van der Waals surface area contributed by atoms with Gasteiger partial charge in [-0.2, -0.15) is 5.10 Å². The summed E-state index contributed by atoms with van der Waals surface area (Å²) >= 11 is 0. The Hall–Kier alpha value is -5.00. The summed E-state index contributed by atoms with van der Waals surface area (Å²) in [4.78, 5) is 28.0. The topological polar surface area (TPSA) is 106 Å². The third-order valence-electron chi connectivity index (χ3n) is 7.44. The molecule has 4 heterocycles. The van der Waals surface area contributed by atoms with Gasteiger partial charge in [-0.3, -0.25) is 14.7 Å². The van der Waals surface area contributed by atoms with E-state index in [1.54, 1.807) is 23.1 Å². The van der Waals surface area contributed by atoms with Crippen LogP contribution in [-0.4, -0.2) is 53.7 Å². The standard InChI is InChI=1S/C31H27F3N4O5/c1-41-26-8-3-18-14-27(26)42-12-2-10-35-30(39)22-15-20(5-7-23(22)32)43-19-4-6-21-17(13-19)9-11-38(28(18)21)31(40)25-16-24(29(33)34)36-37-25/h3-8,13-16,28-29H,2,9-12H2,1H3,(H,35,39)(H,36,37). The second-order valence-corrected chi connectivity index (χ2v) is 10.1. The van der Waals surface area contributed by atoms with Crippen LogP contribution in [-0.2, 0) is 6.42 Å². The number of methoxy groups -OCH3 is 1. The zero-order chi connectivity index (χ0) is 30.1. The van der Waals surface area contributed by atoms with Crippen LogP contribution in [0.5, 0.6) is 23.0 Å². The maximum Gasteiger partial charge on any atom is 0.279 e. The molecule has 12 heteroatoms. The van der Waals surface area contributed by atoms with Gasteiger partial charge in [-0.05, 0) is 78.1 Å².